The van der Waals surface area contributed by atoms with Crippen LogP contribution in [0, 0.1) is 0 Å². The van der Waals surface area contributed by atoms with Crippen LogP contribution in [0.15, 0.2) is 206 Å². The van der Waals surface area contributed by atoms with Gasteiger partial charge in [-0.15, -0.1) is 0 Å². The van der Waals surface area contributed by atoms with E-state index < -0.39 is 5.41 Å². The van der Waals surface area contributed by atoms with Crippen molar-refractivity contribution in [2.45, 2.75) is 5.41 Å². The van der Waals surface area contributed by atoms with E-state index in [0.29, 0.717) is 17.5 Å². The predicted molar refractivity (Wildman–Crippen MR) is 228 cm³/mol. The molecule has 2 aromatic heterocycles. The van der Waals surface area contributed by atoms with E-state index in [1.54, 1.807) is 0 Å². The van der Waals surface area contributed by atoms with E-state index in [1.807, 2.05) is 60.7 Å². The molecule has 0 radical (unpaired) electrons. The second-order valence-corrected chi connectivity index (χ2v) is 14.4. The van der Waals surface area contributed by atoms with Crippen molar-refractivity contribution in [2.24, 2.45) is 0 Å². The molecular formula is C52H34N4. The average molecular weight is 715 g/mol. The van der Waals surface area contributed by atoms with E-state index in [0.717, 1.165) is 27.8 Å². The van der Waals surface area contributed by atoms with Crippen molar-refractivity contribution in [1.29, 1.82) is 0 Å². The van der Waals surface area contributed by atoms with Crippen molar-refractivity contribution < 1.29 is 0 Å². The maximum Gasteiger partial charge on any atom is 0.164 e. The van der Waals surface area contributed by atoms with Gasteiger partial charge in [-0.1, -0.05) is 194 Å². The van der Waals surface area contributed by atoms with E-state index in [2.05, 4.69) is 150 Å². The predicted octanol–water partition coefficient (Wildman–Crippen LogP) is 12.3. The van der Waals surface area contributed by atoms with E-state index in [4.69, 9.17) is 15.0 Å². The Morgan fingerprint density at radius 3 is 1.41 bits per heavy atom. The highest BCUT2D eigenvalue weighted by Crippen LogP contribution is 2.54. The molecule has 56 heavy (non-hydrogen) atoms. The molecule has 4 heteroatoms. The second kappa shape index (κ2) is 12.9. The summed E-state index contributed by atoms with van der Waals surface area (Å²) in [5, 5.41) is 2.54. The Balaban J connectivity index is 1.03. The molecule has 262 valence electrons. The topological polar surface area (TPSA) is 43.6 Å². The fraction of sp³-hybridized carbons (Fsp3) is 0.0192. The molecule has 4 nitrogen and oxygen atoms in total. The van der Waals surface area contributed by atoms with E-state index in [-0.39, 0.29) is 0 Å². The van der Waals surface area contributed by atoms with Gasteiger partial charge in [0.25, 0.3) is 0 Å². The zero-order chi connectivity index (χ0) is 37.1. The molecule has 11 rings (SSSR count). The highest BCUT2D eigenvalue weighted by Gasteiger charge is 2.45. The van der Waals surface area contributed by atoms with Crippen LogP contribution >= 0.6 is 0 Å². The van der Waals surface area contributed by atoms with Crippen molar-refractivity contribution in [3.63, 3.8) is 0 Å². The summed E-state index contributed by atoms with van der Waals surface area (Å²) < 4.78 is 2.48. The molecule has 0 unspecified atom stereocenters. The first kappa shape index (κ1) is 32.0. The monoisotopic (exact) mass is 714 g/mol. The number of rotatable bonds is 6. The van der Waals surface area contributed by atoms with E-state index >= 15 is 0 Å². The van der Waals surface area contributed by atoms with Crippen LogP contribution in [0.4, 0.5) is 0 Å². The van der Waals surface area contributed by atoms with E-state index in [1.165, 1.54) is 49.7 Å². The molecule has 0 aliphatic carbocycles. The SMILES string of the molecule is c1ccc(-c2nc(-c3ccccc3)nc(-c3ccc(-c4ccc([C@@]5(c6ccccc6)c6ccccc6-n6c7ccccc7c7cccc5c76)cc4)cc3)n2)cc1. The molecule has 0 spiro atoms. The first-order valence-electron chi connectivity index (χ1n) is 19.0. The number of hydrogen-bond donors (Lipinski definition) is 0. The second-order valence-electron chi connectivity index (χ2n) is 14.4. The lowest BCUT2D eigenvalue weighted by molar-refractivity contribution is 0.728. The molecule has 0 saturated heterocycles. The fourth-order valence-electron chi connectivity index (χ4n) is 8.84. The summed E-state index contributed by atoms with van der Waals surface area (Å²) in [5.41, 5.74) is 13.3. The van der Waals surface area contributed by atoms with Crippen molar-refractivity contribution in [2.75, 3.05) is 0 Å². The van der Waals surface area contributed by atoms with Gasteiger partial charge in [-0.05, 0) is 45.5 Å². The summed E-state index contributed by atoms with van der Waals surface area (Å²) >= 11 is 0. The Morgan fingerprint density at radius 1 is 0.321 bits per heavy atom. The third-order valence-corrected chi connectivity index (χ3v) is 11.3. The van der Waals surface area contributed by atoms with Crippen LogP contribution in [-0.2, 0) is 5.41 Å². The quantitative estimate of drug-likeness (QED) is 0.172. The first-order chi connectivity index (χ1) is 27.8. The molecule has 0 N–H and O–H groups in total. The van der Waals surface area contributed by atoms with Gasteiger partial charge in [0.15, 0.2) is 17.5 Å². The van der Waals surface area contributed by atoms with Gasteiger partial charge in [-0.3, -0.25) is 0 Å². The largest absolute Gasteiger partial charge is 0.309 e. The van der Waals surface area contributed by atoms with Crippen molar-refractivity contribution >= 4 is 21.8 Å². The molecule has 3 heterocycles. The van der Waals surface area contributed by atoms with Gasteiger partial charge in [0, 0.05) is 27.5 Å². The molecule has 1 aliphatic heterocycles. The molecule has 10 aromatic rings. The summed E-state index contributed by atoms with van der Waals surface area (Å²) in [6.45, 7) is 0. The van der Waals surface area contributed by atoms with Crippen LogP contribution in [0.1, 0.15) is 22.3 Å². The molecule has 8 aromatic carbocycles. The van der Waals surface area contributed by atoms with Crippen molar-refractivity contribution in [3.8, 4) is 51.0 Å². The minimum absolute atomic E-state index is 0.532. The summed E-state index contributed by atoms with van der Waals surface area (Å²) in [4.78, 5) is 14.7. The minimum atomic E-state index is -0.532. The number of nitrogens with zero attached hydrogens (tertiary/aromatic N) is 4. The van der Waals surface area contributed by atoms with Gasteiger partial charge in [0.2, 0.25) is 0 Å². The molecule has 0 fully saturated rings. The molecular weight excluding hydrogens is 681 g/mol. The van der Waals surface area contributed by atoms with Gasteiger partial charge in [0.05, 0.1) is 22.1 Å². The normalized spacial score (nSPS) is 14.5. The highest BCUT2D eigenvalue weighted by atomic mass is 15.0. The fourth-order valence-corrected chi connectivity index (χ4v) is 8.84. The Kier molecular flexibility index (Phi) is 7.36. The molecule has 0 amide bonds. The van der Waals surface area contributed by atoms with Gasteiger partial charge < -0.3 is 4.57 Å². The van der Waals surface area contributed by atoms with Crippen LogP contribution in [0.3, 0.4) is 0 Å². The smallest absolute Gasteiger partial charge is 0.164 e. The molecule has 0 saturated carbocycles. The van der Waals surface area contributed by atoms with Crippen molar-refractivity contribution in [1.82, 2.24) is 19.5 Å². The Labute approximate surface area is 325 Å². The number of hydrogen-bond acceptors (Lipinski definition) is 3. The first-order valence-corrected chi connectivity index (χ1v) is 19.0. The van der Waals surface area contributed by atoms with Crippen LogP contribution < -0.4 is 0 Å². The van der Waals surface area contributed by atoms with Crippen LogP contribution in [0.2, 0.25) is 0 Å². The van der Waals surface area contributed by atoms with Gasteiger partial charge in [-0.25, -0.2) is 15.0 Å². The third kappa shape index (κ3) is 4.89. The summed E-state index contributed by atoms with van der Waals surface area (Å²) in [6, 6.07) is 73.5. The zero-order valence-corrected chi connectivity index (χ0v) is 30.4. The highest BCUT2D eigenvalue weighted by molar-refractivity contribution is 6.12. The summed E-state index contributed by atoms with van der Waals surface area (Å²) in [5.74, 6) is 1.95. The maximum absolute atomic E-state index is 4.94. The Morgan fingerprint density at radius 2 is 0.768 bits per heavy atom. The van der Waals surface area contributed by atoms with Crippen LogP contribution in [0.25, 0.3) is 72.8 Å². The minimum Gasteiger partial charge on any atom is -0.309 e. The van der Waals surface area contributed by atoms with Crippen LogP contribution in [-0.4, -0.2) is 19.5 Å². The van der Waals surface area contributed by atoms with Crippen LogP contribution in [0.5, 0.6) is 0 Å². The van der Waals surface area contributed by atoms with Gasteiger partial charge in [-0.2, -0.15) is 0 Å². The number of fused-ring (bicyclic) bond motifs is 5. The number of benzene rings is 8. The lowest BCUT2D eigenvalue weighted by Gasteiger charge is -2.41. The Bertz CT molecular complexity index is 2990. The zero-order valence-electron chi connectivity index (χ0n) is 30.4. The Hall–Kier alpha value is -7.43. The number of aromatic nitrogens is 4. The number of para-hydroxylation sites is 3. The van der Waals surface area contributed by atoms with E-state index in [9.17, 15) is 0 Å². The molecule has 1 atom stereocenters. The standard InChI is InChI=1S/C52H34N4/c1-4-15-37(16-5-1)49-53-50(38-17-6-2-7-18-38)55-51(54-49)39-29-27-35(28-30-39)36-31-33-41(34-32-36)52(40-19-8-3-9-20-40)44-23-11-13-26-47(44)56-46-25-12-10-21-42(46)43-22-14-24-45(52)48(43)56/h1-34H/t52-/m0/s1. The van der Waals surface area contributed by atoms with Gasteiger partial charge in [0.1, 0.15) is 0 Å². The lowest BCUT2D eigenvalue weighted by Crippen LogP contribution is -2.35. The van der Waals surface area contributed by atoms with Gasteiger partial charge >= 0.3 is 0 Å². The lowest BCUT2D eigenvalue weighted by atomic mass is 9.63. The van der Waals surface area contributed by atoms with Crippen molar-refractivity contribution in [3.05, 3.63) is 229 Å². The third-order valence-electron chi connectivity index (χ3n) is 11.3. The molecule has 0 bridgehead atoms. The molecule has 1 aliphatic rings. The summed E-state index contributed by atoms with van der Waals surface area (Å²) in [7, 11) is 0. The average Bonchev–Trinajstić information content (AvgIpc) is 3.63. The maximum atomic E-state index is 4.94. The summed E-state index contributed by atoms with van der Waals surface area (Å²) in [6.07, 6.45) is 0.